The third-order valence-electron chi connectivity index (χ3n) is 5.71. The summed E-state index contributed by atoms with van der Waals surface area (Å²) in [5, 5.41) is 11.0. The Hall–Kier alpha value is -1.27. The number of furan rings is 1. The van der Waals surface area contributed by atoms with Gasteiger partial charge in [0.1, 0.15) is 11.3 Å². The number of piperidine rings is 1. The Balaban J connectivity index is 0.00000121. The zero-order valence-electron chi connectivity index (χ0n) is 15.0. The first kappa shape index (κ1) is 21.0. The van der Waals surface area contributed by atoms with Gasteiger partial charge in [0.05, 0.1) is 12.6 Å². The predicted molar refractivity (Wildman–Crippen MR) is 108 cm³/mol. The lowest BCUT2D eigenvalue weighted by atomic mass is 9.77. The lowest BCUT2D eigenvalue weighted by molar-refractivity contribution is -0.123. The highest BCUT2D eigenvalue weighted by atomic mass is 35.5. The first-order valence-corrected chi connectivity index (χ1v) is 8.86. The van der Waals surface area contributed by atoms with E-state index in [0.717, 1.165) is 61.2 Å². The molecule has 2 saturated heterocycles. The minimum atomic E-state index is -0.0761. The van der Waals surface area contributed by atoms with E-state index in [-0.39, 0.29) is 36.8 Å². The van der Waals surface area contributed by atoms with Crippen molar-refractivity contribution in [1.82, 2.24) is 16.0 Å². The van der Waals surface area contributed by atoms with Crippen LogP contribution in [0.4, 0.5) is 0 Å². The van der Waals surface area contributed by atoms with Gasteiger partial charge in [-0.15, -0.1) is 24.8 Å². The molecule has 2 aliphatic rings. The third kappa shape index (κ3) is 4.01. The fourth-order valence-corrected chi connectivity index (χ4v) is 4.12. The Morgan fingerprint density at radius 2 is 2.00 bits per heavy atom. The summed E-state index contributed by atoms with van der Waals surface area (Å²) in [7, 11) is 0. The maximum atomic E-state index is 12.5. The molecule has 26 heavy (non-hydrogen) atoms. The van der Waals surface area contributed by atoms with Gasteiger partial charge in [-0.25, -0.2) is 0 Å². The molecule has 2 aliphatic heterocycles. The van der Waals surface area contributed by atoms with Crippen LogP contribution in [0.1, 0.15) is 30.6 Å². The highest BCUT2D eigenvalue weighted by molar-refractivity contribution is 5.86. The summed E-state index contributed by atoms with van der Waals surface area (Å²) >= 11 is 0. The number of hydrogen-bond acceptors (Lipinski definition) is 4. The van der Waals surface area contributed by atoms with Gasteiger partial charge < -0.3 is 20.4 Å². The van der Waals surface area contributed by atoms with Crippen molar-refractivity contribution < 1.29 is 9.21 Å². The second kappa shape index (κ2) is 8.61. The Labute approximate surface area is 166 Å². The molecule has 3 N–H and O–H groups in total. The number of rotatable bonds is 3. The van der Waals surface area contributed by atoms with E-state index in [4.69, 9.17) is 4.42 Å². The van der Waals surface area contributed by atoms with E-state index in [1.165, 1.54) is 0 Å². The molecule has 5 nitrogen and oxygen atoms in total. The van der Waals surface area contributed by atoms with Gasteiger partial charge in [0, 0.05) is 17.5 Å². The summed E-state index contributed by atoms with van der Waals surface area (Å²) in [6.07, 6.45) is 3.26. The van der Waals surface area contributed by atoms with Crippen LogP contribution >= 0.6 is 24.8 Å². The molecule has 1 atom stereocenters. The number of fused-ring (bicyclic) bond motifs is 1. The Morgan fingerprint density at radius 1 is 1.27 bits per heavy atom. The normalized spacial score (nSPS) is 21.2. The molecule has 0 bridgehead atoms. The van der Waals surface area contributed by atoms with E-state index in [9.17, 15) is 4.79 Å². The van der Waals surface area contributed by atoms with Crippen molar-refractivity contribution in [3.63, 3.8) is 0 Å². The number of nitrogens with one attached hydrogen (secondary N) is 3. The van der Waals surface area contributed by atoms with E-state index in [1.807, 2.05) is 25.1 Å². The topological polar surface area (TPSA) is 66.3 Å². The minimum absolute atomic E-state index is 0. The molecule has 1 aromatic heterocycles. The molecular formula is C19H27Cl2N3O2. The highest BCUT2D eigenvalue weighted by Crippen LogP contribution is 2.37. The molecular weight excluding hydrogens is 373 g/mol. The molecule has 1 amide bonds. The molecule has 1 unspecified atom stereocenters. The summed E-state index contributed by atoms with van der Waals surface area (Å²) in [5.41, 5.74) is 2.30. The summed E-state index contributed by atoms with van der Waals surface area (Å²) in [6.45, 7) is 5.58. The Bertz CT molecular complexity index is 756. The number of hydrogen-bond donors (Lipinski definition) is 3. The SMILES string of the molecule is Cc1c(CNC(=O)C2CC3(CCNCC3)CN2)oc2ccccc12.Cl.Cl. The van der Waals surface area contributed by atoms with E-state index in [2.05, 4.69) is 22.0 Å². The van der Waals surface area contributed by atoms with Gasteiger partial charge in [-0.2, -0.15) is 0 Å². The van der Waals surface area contributed by atoms with Gasteiger partial charge in [0.25, 0.3) is 0 Å². The number of para-hydroxylation sites is 1. The average Bonchev–Trinajstić information content (AvgIpc) is 3.16. The van der Waals surface area contributed by atoms with Gasteiger partial charge in [-0.3, -0.25) is 4.79 Å². The number of halogens is 2. The molecule has 0 radical (unpaired) electrons. The van der Waals surface area contributed by atoms with E-state index >= 15 is 0 Å². The number of carbonyl (C=O) groups excluding carboxylic acids is 1. The van der Waals surface area contributed by atoms with Crippen LogP contribution in [-0.2, 0) is 11.3 Å². The van der Waals surface area contributed by atoms with E-state index < -0.39 is 0 Å². The molecule has 3 heterocycles. The van der Waals surface area contributed by atoms with Crippen molar-refractivity contribution in [2.45, 2.75) is 38.8 Å². The summed E-state index contributed by atoms with van der Waals surface area (Å²) in [6, 6.07) is 7.92. The van der Waals surface area contributed by atoms with Crippen molar-refractivity contribution in [2.24, 2.45) is 5.41 Å². The first-order valence-electron chi connectivity index (χ1n) is 8.86. The average molecular weight is 400 g/mol. The van der Waals surface area contributed by atoms with Crippen molar-refractivity contribution in [3.05, 3.63) is 35.6 Å². The van der Waals surface area contributed by atoms with Crippen molar-refractivity contribution in [2.75, 3.05) is 19.6 Å². The minimum Gasteiger partial charge on any atom is -0.459 e. The maximum absolute atomic E-state index is 12.5. The monoisotopic (exact) mass is 399 g/mol. The standard InChI is InChI=1S/C19H25N3O2.2ClH/c1-13-14-4-2-3-5-16(14)24-17(13)11-21-18(23)15-10-19(12-22-15)6-8-20-9-7-19;;/h2-5,15,20,22H,6-12H2,1H3,(H,21,23);2*1H. The molecule has 4 rings (SSSR count). The fourth-order valence-electron chi connectivity index (χ4n) is 4.12. The summed E-state index contributed by atoms with van der Waals surface area (Å²) in [5.74, 6) is 0.935. The van der Waals surface area contributed by atoms with Gasteiger partial charge in [-0.1, -0.05) is 18.2 Å². The number of carbonyl (C=O) groups is 1. The van der Waals surface area contributed by atoms with Gasteiger partial charge in [-0.05, 0) is 50.8 Å². The van der Waals surface area contributed by atoms with Crippen LogP contribution in [0.2, 0.25) is 0 Å². The molecule has 7 heteroatoms. The lowest BCUT2D eigenvalue weighted by Crippen LogP contribution is -2.40. The summed E-state index contributed by atoms with van der Waals surface area (Å²) in [4.78, 5) is 12.5. The Kier molecular flexibility index (Phi) is 6.97. The van der Waals surface area contributed by atoms with E-state index in [0.29, 0.717) is 12.0 Å². The van der Waals surface area contributed by atoms with Crippen LogP contribution in [0.15, 0.2) is 28.7 Å². The van der Waals surface area contributed by atoms with Gasteiger partial charge in [0.15, 0.2) is 0 Å². The van der Waals surface area contributed by atoms with Crippen LogP contribution in [0.3, 0.4) is 0 Å². The summed E-state index contributed by atoms with van der Waals surface area (Å²) < 4.78 is 5.88. The molecule has 0 aliphatic carbocycles. The van der Waals surface area contributed by atoms with Crippen molar-refractivity contribution >= 4 is 41.7 Å². The quantitative estimate of drug-likeness (QED) is 0.741. The predicted octanol–water partition coefficient (Wildman–Crippen LogP) is 2.93. The molecule has 2 aromatic rings. The lowest BCUT2D eigenvalue weighted by Gasteiger charge is -2.33. The van der Waals surface area contributed by atoms with Gasteiger partial charge >= 0.3 is 0 Å². The van der Waals surface area contributed by atoms with Crippen molar-refractivity contribution in [3.8, 4) is 0 Å². The van der Waals surface area contributed by atoms with Crippen LogP contribution in [0.25, 0.3) is 11.0 Å². The molecule has 0 saturated carbocycles. The molecule has 2 fully saturated rings. The van der Waals surface area contributed by atoms with Crippen LogP contribution in [0.5, 0.6) is 0 Å². The number of aryl methyl sites for hydroxylation is 1. The number of amides is 1. The molecule has 1 spiro atoms. The fraction of sp³-hybridized carbons (Fsp3) is 0.526. The van der Waals surface area contributed by atoms with Crippen LogP contribution in [-0.4, -0.2) is 31.6 Å². The zero-order chi connectivity index (χ0) is 16.6. The third-order valence-corrected chi connectivity index (χ3v) is 5.71. The number of benzene rings is 1. The van der Waals surface area contributed by atoms with Gasteiger partial charge in [0.2, 0.25) is 5.91 Å². The smallest absolute Gasteiger partial charge is 0.237 e. The van der Waals surface area contributed by atoms with E-state index in [1.54, 1.807) is 0 Å². The first-order chi connectivity index (χ1) is 11.7. The Morgan fingerprint density at radius 3 is 2.73 bits per heavy atom. The van der Waals surface area contributed by atoms with Crippen LogP contribution in [0, 0.1) is 12.3 Å². The maximum Gasteiger partial charge on any atom is 0.237 e. The van der Waals surface area contributed by atoms with Crippen LogP contribution < -0.4 is 16.0 Å². The highest BCUT2D eigenvalue weighted by Gasteiger charge is 2.42. The zero-order valence-corrected chi connectivity index (χ0v) is 16.6. The van der Waals surface area contributed by atoms with Crippen molar-refractivity contribution in [1.29, 1.82) is 0 Å². The second-order valence-electron chi connectivity index (χ2n) is 7.25. The largest absolute Gasteiger partial charge is 0.459 e. The molecule has 144 valence electrons. The second-order valence-corrected chi connectivity index (χ2v) is 7.25. The molecule has 1 aromatic carbocycles.